The van der Waals surface area contributed by atoms with Gasteiger partial charge in [0.2, 0.25) is 0 Å². The van der Waals surface area contributed by atoms with Gasteiger partial charge in [0.25, 0.3) is 0 Å². The average Bonchev–Trinajstić information content (AvgIpc) is 2.70. The summed E-state index contributed by atoms with van der Waals surface area (Å²) in [6.45, 7) is 2.16. The number of ether oxygens (including phenoxy) is 1. The molecular weight excluding hydrogens is 202 g/mol. The van der Waals surface area contributed by atoms with Gasteiger partial charge in [0, 0.05) is 32.1 Å². The molecule has 2 unspecified atom stereocenters. The zero-order valence-electron chi connectivity index (χ0n) is 10.7. The van der Waals surface area contributed by atoms with Crippen molar-refractivity contribution in [2.24, 2.45) is 7.05 Å². The van der Waals surface area contributed by atoms with Crippen molar-refractivity contribution in [2.75, 3.05) is 14.2 Å². The molecule has 92 valence electrons. The molecule has 0 bridgehead atoms. The van der Waals surface area contributed by atoms with Crippen LogP contribution in [0.1, 0.15) is 25.5 Å². The molecular formula is C12H23N3O. The predicted molar refractivity (Wildman–Crippen MR) is 65.5 cm³/mol. The van der Waals surface area contributed by atoms with Crippen LogP contribution in [0.4, 0.5) is 0 Å². The zero-order valence-corrected chi connectivity index (χ0v) is 10.7. The van der Waals surface area contributed by atoms with Gasteiger partial charge >= 0.3 is 0 Å². The van der Waals surface area contributed by atoms with Crippen LogP contribution in [-0.2, 0) is 18.2 Å². The Kier molecular flexibility index (Phi) is 5.49. The second-order valence-electron chi connectivity index (χ2n) is 4.06. The van der Waals surface area contributed by atoms with Crippen molar-refractivity contribution in [3.63, 3.8) is 0 Å². The van der Waals surface area contributed by atoms with Crippen LogP contribution in [0.3, 0.4) is 0 Å². The first-order valence-electron chi connectivity index (χ1n) is 5.89. The number of aryl methyl sites for hydroxylation is 2. The van der Waals surface area contributed by atoms with Crippen molar-refractivity contribution < 1.29 is 4.74 Å². The number of nitrogens with one attached hydrogen (secondary N) is 1. The second-order valence-corrected chi connectivity index (χ2v) is 4.06. The zero-order chi connectivity index (χ0) is 12.0. The first-order chi connectivity index (χ1) is 7.72. The fraction of sp³-hybridized carbons (Fsp3) is 0.750. The largest absolute Gasteiger partial charge is 0.380 e. The summed E-state index contributed by atoms with van der Waals surface area (Å²) in [6, 6.07) is 2.48. The van der Waals surface area contributed by atoms with Gasteiger partial charge in [-0.3, -0.25) is 4.68 Å². The maximum Gasteiger partial charge on any atom is 0.0721 e. The van der Waals surface area contributed by atoms with Crippen molar-refractivity contribution in [3.05, 3.63) is 18.0 Å². The molecule has 0 saturated carbocycles. The van der Waals surface area contributed by atoms with Crippen LogP contribution < -0.4 is 5.32 Å². The number of hydrogen-bond acceptors (Lipinski definition) is 3. The van der Waals surface area contributed by atoms with Gasteiger partial charge in [0.05, 0.1) is 6.10 Å². The average molecular weight is 225 g/mol. The van der Waals surface area contributed by atoms with E-state index in [9.17, 15) is 0 Å². The van der Waals surface area contributed by atoms with Crippen LogP contribution in [-0.4, -0.2) is 36.1 Å². The van der Waals surface area contributed by atoms with Crippen molar-refractivity contribution >= 4 is 0 Å². The summed E-state index contributed by atoms with van der Waals surface area (Å²) in [6.07, 6.45) is 5.27. The third-order valence-corrected chi connectivity index (χ3v) is 3.16. The third-order valence-electron chi connectivity index (χ3n) is 3.16. The molecule has 4 nitrogen and oxygen atoms in total. The Morgan fingerprint density at radius 2 is 2.31 bits per heavy atom. The number of likely N-dealkylation sites (N-methyl/N-ethyl adjacent to an activating group) is 1. The third kappa shape index (κ3) is 3.32. The van der Waals surface area contributed by atoms with Gasteiger partial charge in [0.1, 0.15) is 0 Å². The van der Waals surface area contributed by atoms with Gasteiger partial charge < -0.3 is 10.1 Å². The summed E-state index contributed by atoms with van der Waals surface area (Å²) >= 11 is 0. The SMILES string of the molecule is CCC(OC)C(CCc1ccnn1C)NC. The lowest BCUT2D eigenvalue weighted by Gasteiger charge is -2.24. The van der Waals surface area contributed by atoms with Crippen molar-refractivity contribution in [3.8, 4) is 0 Å². The van der Waals surface area contributed by atoms with Crippen LogP contribution in [0.2, 0.25) is 0 Å². The second kappa shape index (κ2) is 6.66. The molecule has 0 aliphatic rings. The quantitative estimate of drug-likeness (QED) is 0.761. The highest BCUT2D eigenvalue weighted by Crippen LogP contribution is 2.10. The van der Waals surface area contributed by atoms with Crippen LogP contribution in [0.25, 0.3) is 0 Å². The summed E-state index contributed by atoms with van der Waals surface area (Å²) in [5.74, 6) is 0. The minimum atomic E-state index is 0.290. The van der Waals surface area contributed by atoms with E-state index in [0.717, 1.165) is 19.3 Å². The Labute approximate surface area is 98.0 Å². The van der Waals surface area contributed by atoms with Crippen LogP contribution in [0, 0.1) is 0 Å². The highest BCUT2D eigenvalue weighted by molar-refractivity contribution is 5.00. The van der Waals surface area contributed by atoms with Crippen molar-refractivity contribution in [1.82, 2.24) is 15.1 Å². The summed E-state index contributed by atoms with van der Waals surface area (Å²) in [5.41, 5.74) is 1.27. The molecule has 4 heteroatoms. The van der Waals surface area contributed by atoms with E-state index < -0.39 is 0 Å². The first kappa shape index (κ1) is 13.2. The Hall–Kier alpha value is -0.870. The molecule has 1 heterocycles. The van der Waals surface area contributed by atoms with Crippen LogP contribution in [0.5, 0.6) is 0 Å². The van der Waals surface area contributed by atoms with E-state index in [1.54, 1.807) is 7.11 Å². The van der Waals surface area contributed by atoms with Crippen molar-refractivity contribution in [2.45, 2.75) is 38.3 Å². The molecule has 1 aromatic rings. The van der Waals surface area contributed by atoms with Crippen molar-refractivity contribution in [1.29, 1.82) is 0 Å². The molecule has 0 aromatic carbocycles. The maximum atomic E-state index is 5.47. The summed E-state index contributed by atoms with van der Waals surface area (Å²) in [4.78, 5) is 0. The molecule has 0 aliphatic heterocycles. The van der Waals surface area contributed by atoms with Gasteiger partial charge in [-0.2, -0.15) is 5.10 Å². The van der Waals surface area contributed by atoms with Gasteiger partial charge in [-0.15, -0.1) is 0 Å². The fourth-order valence-electron chi connectivity index (χ4n) is 2.08. The van der Waals surface area contributed by atoms with Gasteiger partial charge in [-0.1, -0.05) is 6.92 Å². The number of nitrogens with zero attached hydrogens (tertiary/aromatic N) is 2. The lowest BCUT2D eigenvalue weighted by atomic mass is 10.0. The van der Waals surface area contributed by atoms with Crippen LogP contribution >= 0.6 is 0 Å². The molecule has 16 heavy (non-hydrogen) atoms. The number of methoxy groups -OCH3 is 1. The summed E-state index contributed by atoms with van der Waals surface area (Å²) < 4.78 is 7.40. The summed E-state index contributed by atoms with van der Waals surface area (Å²) in [7, 11) is 5.76. The fourth-order valence-corrected chi connectivity index (χ4v) is 2.08. The number of hydrogen-bond donors (Lipinski definition) is 1. The molecule has 0 amide bonds. The highest BCUT2D eigenvalue weighted by Gasteiger charge is 2.17. The first-order valence-corrected chi connectivity index (χ1v) is 5.89. The minimum absolute atomic E-state index is 0.290. The number of aromatic nitrogens is 2. The van der Waals surface area contributed by atoms with Gasteiger partial charge in [0.15, 0.2) is 0 Å². The molecule has 0 radical (unpaired) electrons. The van der Waals surface area contributed by atoms with E-state index in [2.05, 4.69) is 23.4 Å². The van der Waals surface area contributed by atoms with E-state index >= 15 is 0 Å². The highest BCUT2D eigenvalue weighted by atomic mass is 16.5. The predicted octanol–water partition coefficient (Wildman–Crippen LogP) is 1.37. The topological polar surface area (TPSA) is 39.1 Å². The van der Waals surface area contributed by atoms with E-state index in [1.165, 1.54) is 5.69 Å². The molecule has 1 N–H and O–H groups in total. The lowest BCUT2D eigenvalue weighted by Crippen LogP contribution is -2.39. The Bertz CT molecular complexity index is 294. The smallest absolute Gasteiger partial charge is 0.0721 e. The molecule has 0 saturated heterocycles. The normalized spacial score (nSPS) is 15.0. The maximum absolute atomic E-state index is 5.47. The molecule has 1 rings (SSSR count). The Morgan fingerprint density at radius 1 is 1.56 bits per heavy atom. The molecule has 0 fully saturated rings. The van der Waals surface area contributed by atoms with Gasteiger partial charge in [-0.25, -0.2) is 0 Å². The standard InChI is InChI=1S/C12H23N3O/c1-5-12(16-4)11(13-2)7-6-10-8-9-14-15(10)3/h8-9,11-13H,5-7H2,1-4H3. The van der Waals surface area contributed by atoms with Gasteiger partial charge in [-0.05, 0) is 32.4 Å². The Morgan fingerprint density at radius 3 is 2.75 bits per heavy atom. The molecule has 1 aromatic heterocycles. The Balaban J connectivity index is 2.48. The van der Waals surface area contributed by atoms with E-state index in [1.807, 2.05) is 25.0 Å². The van der Waals surface area contributed by atoms with E-state index in [0.29, 0.717) is 12.1 Å². The molecule has 0 spiro atoms. The number of rotatable bonds is 7. The molecule has 0 aliphatic carbocycles. The lowest BCUT2D eigenvalue weighted by molar-refractivity contribution is 0.0650. The molecule has 2 atom stereocenters. The van der Waals surface area contributed by atoms with Crippen LogP contribution in [0.15, 0.2) is 12.3 Å². The summed E-state index contributed by atoms with van der Waals surface area (Å²) in [5, 5.41) is 7.50. The van der Waals surface area contributed by atoms with E-state index in [4.69, 9.17) is 4.74 Å². The van der Waals surface area contributed by atoms with E-state index in [-0.39, 0.29) is 0 Å². The monoisotopic (exact) mass is 225 g/mol. The minimum Gasteiger partial charge on any atom is -0.380 e.